The van der Waals surface area contributed by atoms with E-state index in [0.29, 0.717) is 11.7 Å². The first-order chi connectivity index (χ1) is 9.39. The number of nitrogens with two attached hydrogens (primary N) is 1. The Hall–Kier alpha value is -1.00. The molecule has 0 aliphatic rings. The van der Waals surface area contributed by atoms with E-state index in [0.717, 1.165) is 15.4 Å². The summed E-state index contributed by atoms with van der Waals surface area (Å²) in [6, 6.07) is 3.71. The number of aromatic nitrogens is 1. The van der Waals surface area contributed by atoms with Crippen LogP contribution in [0.2, 0.25) is 0 Å². The van der Waals surface area contributed by atoms with E-state index in [1.54, 1.807) is 25.2 Å². The van der Waals surface area contributed by atoms with Crippen molar-refractivity contribution in [2.45, 2.75) is 26.4 Å². The molecule has 0 bridgehead atoms. The molecule has 0 spiro atoms. The van der Waals surface area contributed by atoms with Gasteiger partial charge >= 0.3 is 10.2 Å². The van der Waals surface area contributed by atoms with Gasteiger partial charge in [-0.1, -0.05) is 0 Å². The lowest BCUT2D eigenvalue weighted by atomic mass is 10.4. The molecule has 20 heavy (non-hydrogen) atoms. The fraction of sp³-hybridized carbons (Fsp3) is 0.364. The number of thiazole rings is 1. The Kier molecular flexibility index (Phi) is 4.76. The normalized spacial score (nSPS) is 12.0. The third kappa shape index (κ3) is 4.00. The van der Waals surface area contributed by atoms with Crippen LogP contribution in [-0.4, -0.2) is 19.4 Å². The molecule has 2 rings (SSSR count). The van der Waals surface area contributed by atoms with Crippen molar-refractivity contribution in [3.05, 3.63) is 22.4 Å². The number of anilines is 1. The van der Waals surface area contributed by atoms with Crippen molar-refractivity contribution in [2.75, 3.05) is 4.72 Å². The third-order valence-corrected chi connectivity index (χ3v) is 5.49. The minimum atomic E-state index is -3.57. The number of hydrogen-bond acceptors (Lipinski definition) is 6. The van der Waals surface area contributed by atoms with Crippen LogP contribution >= 0.6 is 22.7 Å². The second-order valence-corrected chi connectivity index (χ2v) is 7.86. The summed E-state index contributed by atoms with van der Waals surface area (Å²) < 4.78 is 28.3. The van der Waals surface area contributed by atoms with E-state index in [2.05, 4.69) is 14.4 Å². The van der Waals surface area contributed by atoms with Gasteiger partial charge in [-0.2, -0.15) is 13.1 Å². The summed E-state index contributed by atoms with van der Waals surface area (Å²) in [5.41, 5.74) is 6.32. The molecule has 110 valence electrons. The quantitative estimate of drug-likeness (QED) is 0.753. The van der Waals surface area contributed by atoms with E-state index >= 15 is 0 Å². The highest BCUT2D eigenvalue weighted by molar-refractivity contribution is 7.91. The highest BCUT2D eigenvalue weighted by Gasteiger charge is 2.14. The monoisotopic (exact) mass is 332 g/mol. The Morgan fingerprint density at radius 2 is 2.15 bits per heavy atom. The summed E-state index contributed by atoms with van der Waals surface area (Å²) in [6.45, 7) is 4.01. The van der Waals surface area contributed by atoms with Crippen LogP contribution in [0.15, 0.2) is 17.5 Å². The van der Waals surface area contributed by atoms with Gasteiger partial charge in [0.25, 0.3) is 0 Å². The summed E-state index contributed by atoms with van der Waals surface area (Å²) in [4.78, 5) is 6.32. The molecule has 0 unspecified atom stereocenters. The van der Waals surface area contributed by atoms with E-state index in [9.17, 15) is 8.42 Å². The van der Waals surface area contributed by atoms with Gasteiger partial charge in [0, 0.05) is 22.8 Å². The van der Waals surface area contributed by atoms with E-state index in [1.807, 2.05) is 17.5 Å². The summed E-state index contributed by atoms with van der Waals surface area (Å²) in [6.07, 6.45) is 0. The largest absolute Gasteiger partial charge is 0.326 e. The molecule has 0 saturated carbocycles. The van der Waals surface area contributed by atoms with Crippen molar-refractivity contribution in [1.82, 2.24) is 9.71 Å². The van der Waals surface area contributed by atoms with Crippen LogP contribution in [0.3, 0.4) is 0 Å². The van der Waals surface area contributed by atoms with Crippen molar-refractivity contribution in [3.8, 4) is 10.6 Å². The Bertz CT molecular complexity index is 675. The fourth-order valence-electron chi connectivity index (χ4n) is 1.51. The third-order valence-electron chi connectivity index (χ3n) is 2.23. The summed E-state index contributed by atoms with van der Waals surface area (Å²) in [7, 11) is -3.57. The Morgan fingerprint density at radius 1 is 1.40 bits per heavy atom. The van der Waals surface area contributed by atoms with Gasteiger partial charge < -0.3 is 5.73 Å². The smallest absolute Gasteiger partial charge is 0.301 e. The summed E-state index contributed by atoms with van der Waals surface area (Å²) in [5, 5.41) is 2.16. The van der Waals surface area contributed by atoms with Gasteiger partial charge in [0.15, 0.2) is 5.13 Å². The minimum Gasteiger partial charge on any atom is -0.326 e. The number of hydrogen-bond donors (Lipinski definition) is 3. The summed E-state index contributed by atoms with van der Waals surface area (Å²) >= 11 is 2.80. The van der Waals surface area contributed by atoms with Crippen LogP contribution in [0.4, 0.5) is 5.13 Å². The second kappa shape index (κ2) is 6.19. The van der Waals surface area contributed by atoms with Gasteiger partial charge in [-0.25, -0.2) is 9.71 Å². The molecular formula is C11H16N4O2S3. The Balaban J connectivity index is 2.13. The molecule has 6 nitrogen and oxygen atoms in total. The predicted octanol–water partition coefficient (Wildman–Crippen LogP) is 1.98. The van der Waals surface area contributed by atoms with Crippen LogP contribution in [0, 0.1) is 0 Å². The lowest BCUT2D eigenvalue weighted by Gasteiger charge is -2.09. The van der Waals surface area contributed by atoms with Gasteiger partial charge in [0.2, 0.25) is 0 Å². The van der Waals surface area contributed by atoms with Crippen molar-refractivity contribution in [1.29, 1.82) is 0 Å². The first-order valence-corrected chi connectivity index (χ1v) is 9.12. The zero-order valence-corrected chi connectivity index (χ0v) is 13.5. The van der Waals surface area contributed by atoms with Gasteiger partial charge in [-0.05, 0) is 26.0 Å². The highest BCUT2D eigenvalue weighted by Crippen LogP contribution is 2.30. The molecule has 0 atom stereocenters. The highest BCUT2D eigenvalue weighted by atomic mass is 32.2. The van der Waals surface area contributed by atoms with Crippen molar-refractivity contribution in [2.24, 2.45) is 5.73 Å². The molecule has 2 aromatic heterocycles. The number of thiophene rings is 1. The Morgan fingerprint density at radius 3 is 2.75 bits per heavy atom. The predicted molar refractivity (Wildman–Crippen MR) is 84.1 cm³/mol. The van der Waals surface area contributed by atoms with Crippen LogP contribution in [-0.2, 0) is 16.8 Å². The average Bonchev–Trinajstić information content (AvgIpc) is 2.94. The fourth-order valence-corrected chi connectivity index (χ4v) is 4.47. The van der Waals surface area contributed by atoms with E-state index in [4.69, 9.17) is 5.73 Å². The molecule has 2 heterocycles. The maximum Gasteiger partial charge on any atom is 0.301 e. The van der Waals surface area contributed by atoms with Gasteiger partial charge in [-0.3, -0.25) is 0 Å². The lowest BCUT2D eigenvalue weighted by Crippen LogP contribution is -2.35. The van der Waals surface area contributed by atoms with E-state index in [-0.39, 0.29) is 6.04 Å². The molecule has 0 aliphatic heterocycles. The minimum absolute atomic E-state index is 0.170. The van der Waals surface area contributed by atoms with Crippen molar-refractivity contribution >= 4 is 38.0 Å². The molecule has 0 aliphatic carbocycles. The van der Waals surface area contributed by atoms with Crippen molar-refractivity contribution < 1.29 is 8.42 Å². The topological polar surface area (TPSA) is 97.1 Å². The standard InChI is InChI=1S/C11H16N4O2S3/c1-7(2)14-20(16,17)15-11-13-9(6-18-11)10-4-3-8(5-12)19-10/h3-4,6-7,14H,5,12H2,1-2H3,(H,13,15). The molecule has 0 aromatic carbocycles. The van der Waals surface area contributed by atoms with Crippen LogP contribution in [0.5, 0.6) is 0 Å². The van der Waals surface area contributed by atoms with Crippen LogP contribution < -0.4 is 15.2 Å². The molecule has 9 heteroatoms. The number of nitrogens with one attached hydrogen (secondary N) is 2. The number of nitrogens with zero attached hydrogens (tertiary/aromatic N) is 1. The van der Waals surface area contributed by atoms with Crippen molar-refractivity contribution in [3.63, 3.8) is 0 Å². The van der Waals surface area contributed by atoms with Crippen LogP contribution in [0.25, 0.3) is 10.6 Å². The van der Waals surface area contributed by atoms with E-state index in [1.165, 1.54) is 11.3 Å². The summed E-state index contributed by atoms with van der Waals surface area (Å²) in [5.74, 6) is 0. The SMILES string of the molecule is CC(C)NS(=O)(=O)Nc1nc(-c2ccc(CN)s2)cs1. The van der Waals surface area contributed by atoms with Gasteiger partial charge in [0.1, 0.15) is 0 Å². The lowest BCUT2D eigenvalue weighted by molar-refractivity contribution is 0.575. The Labute approximate surface area is 126 Å². The van der Waals surface area contributed by atoms with Gasteiger partial charge in [0.05, 0.1) is 10.6 Å². The number of rotatable bonds is 6. The first-order valence-electron chi connectivity index (χ1n) is 5.94. The van der Waals surface area contributed by atoms with Gasteiger partial charge in [-0.15, -0.1) is 22.7 Å². The zero-order valence-electron chi connectivity index (χ0n) is 11.1. The first kappa shape index (κ1) is 15.4. The average molecular weight is 332 g/mol. The zero-order chi connectivity index (χ0) is 14.8. The van der Waals surface area contributed by atoms with E-state index < -0.39 is 10.2 Å². The molecular weight excluding hydrogens is 316 g/mol. The maximum absolute atomic E-state index is 11.7. The molecule has 0 fully saturated rings. The molecule has 2 aromatic rings. The molecule has 0 amide bonds. The molecule has 0 saturated heterocycles. The van der Waals surface area contributed by atoms with Crippen LogP contribution in [0.1, 0.15) is 18.7 Å². The molecule has 0 radical (unpaired) electrons. The second-order valence-electron chi connectivity index (χ2n) is 4.39. The molecule has 4 N–H and O–H groups in total. The maximum atomic E-state index is 11.7.